The quantitative estimate of drug-likeness (QED) is 0.779. The number of hydrogen-bond acceptors (Lipinski definition) is 5. The van der Waals surface area contributed by atoms with Gasteiger partial charge >= 0.3 is 0 Å². The molecule has 1 saturated heterocycles. The van der Waals surface area contributed by atoms with Crippen LogP contribution in [0.2, 0.25) is 0 Å². The number of nitrogens with one attached hydrogen (secondary N) is 1. The third-order valence-corrected chi connectivity index (χ3v) is 4.10. The second-order valence-corrected chi connectivity index (χ2v) is 5.93. The first kappa shape index (κ1) is 16.3. The second-order valence-electron chi connectivity index (χ2n) is 5.93. The molecule has 0 saturated carbocycles. The minimum atomic E-state index is 0.247. The van der Waals surface area contributed by atoms with E-state index in [1.165, 1.54) is 0 Å². The molecule has 120 valence electrons. The molecule has 0 aromatic carbocycles. The number of ether oxygens (including phenoxy) is 2. The van der Waals surface area contributed by atoms with E-state index in [9.17, 15) is 0 Å². The van der Waals surface area contributed by atoms with Gasteiger partial charge in [0.15, 0.2) is 5.75 Å². The molecule has 2 unspecified atom stereocenters. The first-order valence-electron chi connectivity index (χ1n) is 7.65. The molecule has 1 N–H and O–H groups in total. The van der Waals surface area contributed by atoms with Gasteiger partial charge in [-0.2, -0.15) is 5.10 Å². The van der Waals surface area contributed by atoms with E-state index < -0.39 is 0 Å². The molecule has 0 bridgehead atoms. The van der Waals surface area contributed by atoms with Crippen molar-refractivity contribution in [1.29, 1.82) is 0 Å². The highest BCUT2D eigenvalue weighted by atomic mass is 16.5. The van der Waals surface area contributed by atoms with Gasteiger partial charge in [-0.3, -0.25) is 4.68 Å². The van der Waals surface area contributed by atoms with E-state index in [1.54, 1.807) is 7.11 Å². The topological polar surface area (TPSA) is 51.5 Å². The van der Waals surface area contributed by atoms with Crippen LogP contribution in [0, 0.1) is 5.92 Å². The zero-order chi connectivity index (χ0) is 15.2. The van der Waals surface area contributed by atoms with E-state index in [0.717, 1.165) is 50.6 Å². The predicted molar refractivity (Wildman–Crippen MR) is 82.7 cm³/mol. The first-order chi connectivity index (χ1) is 10.2. The number of methoxy groups -OCH3 is 1. The maximum absolute atomic E-state index is 5.51. The molecule has 0 amide bonds. The molecule has 0 spiro atoms. The number of hydrogen-bond donors (Lipinski definition) is 1. The molecular formula is C15H28N4O2. The van der Waals surface area contributed by atoms with Gasteiger partial charge in [-0.05, 0) is 39.9 Å². The molecular weight excluding hydrogens is 268 g/mol. The summed E-state index contributed by atoms with van der Waals surface area (Å²) < 4.78 is 13.1. The summed E-state index contributed by atoms with van der Waals surface area (Å²) in [6.07, 6.45) is 4.02. The minimum Gasteiger partial charge on any atom is -0.493 e. The number of aromatic nitrogens is 2. The van der Waals surface area contributed by atoms with Crippen LogP contribution >= 0.6 is 0 Å². The monoisotopic (exact) mass is 296 g/mol. The zero-order valence-electron chi connectivity index (χ0n) is 13.6. The number of likely N-dealkylation sites (N-methyl/N-ethyl adjacent to an activating group) is 1. The van der Waals surface area contributed by atoms with E-state index in [1.807, 2.05) is 13.2 Å². The van der Waals surface area contributed by atoms with Crippen LogP contribution < -0.4 is 10.1 Å². The minimum absolute atomic E-state index is 0.247. The summed E-state index contributed by atoms with van der Waals surface area (Å²) in [7, 11) is 7.86. The lowest BCUT2D eigenvalue weighted by atomic mass is 9.97. The van der Waals surface area contributed by atoms with E-state index in [2.05, 4.69) is 34.1 Å². The van der Waals surface area contributed by atoms with E-state index in [4.69, 9.17) is 9.47 Å². The molecule has 2 atom stereocenters. The Bertz CT molecular complexity index is 427. The summed E-state index contributed by atoms with van der Waals surface area (Å²) in [4.78, 5) is 2.16. The van der Waals surface area contributed by atoms with Crippen molar-refractivity contribution in [3.63, 3.8) is 0 Å². The van der Waals surface area contributed by atoms with Gasteiger partial charge in [0.1, 0.15) is 0 Å². The van der Waals surface area contributed by atoms with Crippen LogP contribution in [-0.2, 0) is 11.3 Å². The number of rotatable bonds is 8. The molecule has 21 heavy (non-hydrogen) atoms. The molecule has 1 aliphatic rings. The fourth-order valence-electron chi connectivity index (χ4n) is 2.83. The Morgan fingerprint density at radius 1 is 1.57 bits per heavy atom. The molecule has 1 aromatic rings. The normalized spacial score (nSPS) is 20.1. The van der Waals surface area contributed by atoms with Crippen LogP contribution in [0.1, 0.15) is 24.6 Å². The highest BCUT2D eigenvalue weighted by Gasteiger charge is 2.26. The fourth-order valence-corrected chi connectivity index (χ4v) is 2.83. The summed E-state index contributed by atoms with van der Waals surface area (Å²) in [5.74, 6) is 1.48. The Morgan fingerprint density at radius 2 is 2.38 bits per heavy atom. The lowest BCUT2D eigenvalue weighted by Gasteiger charge is -2.22. The van der Waals surface area contributed by atoms with Gasteiger partial charge in [-0.15, -0.1) is 0 Å². The summed E-state index contributed by atoms with van der Waals surface area (Å²) in [6, 6.07) is 0.247. The van der Waals surface area contributed by atoms with E-state index in [0.29, 0.717) is 5.92 Å². The first-order valence-corrected chi connectivity index (χ1v) is 7.65. The van der Waals surface area contributed by atoms with Crippen molar-refractivity contribution in [3.8, 4) is 5.75 Å². The van der Waals surface area contributed by atoms with Crippen molar-refractivity contribution in [2.24, 2.45) is 5.92 Å². The van der Waals surface area contributed by atoms with Crippen LogP contribution in [0.25, 0.3) is 0 Å². The fraction of sp³-hybridized carbons (Fsp3) is 0.800. The molecule has 6 nitrogen and oxygen atoms in total. The standard InChI is InChI=1S/C15H28N4O2/c1-16-13(9-12-5-8-21-11-12)15-14(20-4)10-17-19(15)7-6-18(2)3/h10,12-13,16H,5-9,11H2,1-4H3. The Hall–Kier alpha value is -1.11. The van der Waals surface area contributed by atoms with Gasteiger partial charge in [-0.1, -0.05) is 0 Å². The van der Waals surface area contributed by atoms with Crippen LogP contribution in [0.3, 0.4) is 0 Å². The highest BCUT2D eigenvalue weighted by Crippen LogP contribution is 2.31. The largest absolute Gasteiger partial charge is 0.493 e. The SMILES string of the molecule is CNC(CC1CCOC1)c1c(OC)cnn1CCN(C)C. The van der Waals surface area contributed by atoms with Crippen LogP contribution in [0.5, 0.6) is 5.75 Å². The molecule has 1 aliphatic heterocycles. The summed E-state index contributed by atoms with van der Waals surface area (Å²) in [5, 5.41) is 7.92. The Morgan fingerprint density at radius 3 is 2.95 bits per heavy atom. The van der Waals surface area contributed by atoms with Gasteiger partial charge in [-0.25, -0.2) is 0 Å². The van der Waals surface area contributed by atoms with E-state index in [-0.39, 0.29) is 6.04 Å². The van der Waals surface area contributed by atoms with Crippen molar-refractivity contribution in [2.45, 2.75) is 25.4 Å². The maximum atomic E-state index is 5.51. The van der Waals surface area contributed by atoms with Crippen LogP contribution in [0.4, 0.5) is 0 Å². The maximum Gasteiger partial charge on any atom is 0.161 e. The average Bonchev–Trinajstić information content (AvgIpc) is 3.11. The van der Waals surface area contributed by atoms with Gasteiger partial charge in [0.25, 0.3) is 0 Å². The van der Waals surface area contributed by atoms with Gasteiger partial charge in [0.05, 0.1) is 31.6 Å². The van der Waals surface area contributed by atoms with E-state index >= 15 is 0 Å². The van der Waals surface area contributed by atoms with Gasteiger partial charge in [0, 0.05) is 19.8 Å². The van der Waals surface area contributed by atoms with Crippen molar-refractivity contribution in [2.75, 3.05) is 48.0 Å². The zero-order valence-corrected chi connectivity index (χ0v) is 13.6. The molecule has 0 aliphatic carbocycles. The smallest absolute Gasteiger partial charge is 0.161 e. The van der Waals surface area contributed by atoms with Crippen molar-refractivity contribution in [1.82, 2.24) is 20.0 Å². The number of nitrogens with zero attached hydrogens (tertiary/aromatic N) is 3. The summed E-state index contributed by atoms with van der Waals surface area (Å²) in [6.45, 7) is 3.58. The molecule has 0 radical (unpaired) electrons. The van der Waals surface area contributed by atoms with Crippen molar-refractivity contribution < 1.29 is 9.47 Å². The lowest BCUT2D eigenvalue weighted by Crippen LogP contribution is -2.26. The molecule has 2 heterocycles. The highest BCUT2D eigenvalue weighted by molar-refractivity contribution is 5.28. The van der Waals surface area contributed by atoms with Crippen molar-refractivity contribution >= 4 is 0 Å². The summed E-state index contributed by atoms with van der Waals surface area (Å²) in [5.41, 5.74) is 1.15. The van der Waals surface area contributed by atoms with Gasteiger partial charge in [0.2, 0.25) is 0 Å². The summed E-state index contributed by atoms with van der Waals surface area (Å²) >= 11 is 0. The third-order valence-electron chi connectivity index (χ3n) is 4.10. The average molecular weight is 296 g/mol. The van der Waals surface area contributed by atoms with Crippen LogP contribution in [-0.4, -0.2) is 62.7 Å². The lowest BCUT2D eigenvalue weighted by molar-refractivity contribution is 0.181. The molecule has 2 rings (SSSR count). The molecule has 1 fully saturated rings. The molecule has 6 heteroatoms. The Labute approximate surface area is 127 Å². The van der Waals surface area contributed by atoms with Crippen LogP contribution in [0.15, 0.2) is 6.20 Å². The van der Waals surface area contributed by atoms with Crippen molar-refractivity contribution in [3.05, 3.63) is 11.9 Å². The third kappa shape index (κ3) is 4.18. The second kappa shape index (κ2) is 7.77. The Kier molecular flexibility index (Phi) is 6.02. The Balaban J connectivity index is 2.14. The predicted octanol–water partition coefficient (Wildman–Crippen LogP) is 1.14. The van der Waals surface area contributed by atoms with Gasteiger partial charge < -0.3 is 19.7 Å². The molecule has 1 aromatic heterocycles.